The zero-order valence-corrected chi connectivity index (χ0v) is 12.4. The molecule has 1 rings (SSSR count). The average molecular weight is 309 g/mol. The van der Waals surface area contributed by atoms with Crippen LogP contribution in [0.25, 0.3) is 0 Å². The van der Waals surface area contributed by atoms with Gasteiger partial charge in [0.25, 0.3) is 0 Å². The Morgan fingerprint density at radius 1 is 1.28 bits per heavy atom. The molecule has 0 heterocycles. The quantitative estimate of drug-likeness (QED) is 0.785. The van der Waals surface area contributed by atoms with Gasteiger partial charge in [-0.1, -0.05) is 37.0 Å². The van der Waals surface area contributed by atoms with Crippen LogP contribution in [0, 0.1) is 5.92 Å². The van der Waals surface area contributed by atoms with Crippen molar-refractivity contribution in [3.63, 3.8) is 0 Å². The van der Waals surface area contributed by atoms with Crippen LogP contribution in [0.4, 0.5) is 0 Å². The summed E-state index contributed by atoms with van der Waals surface area (Å²) in [7, 11) is -3.41. The molecule has 0 saturated carbocycles. The number of hydrogen-bond acceptors (Lipinski definition) is 3. The smallest absolute Gasteiger partial charge is 0.179 e. The number of benzene rings is 1. The number of rotatable bonds is 5. The minimum Gasteiger partial charge on any atom is -0.293 e. The Kier molecular flexibility index (Phi) is 5.20. The summed E-state index contributed by atoms with van der Waals surface area (Å²) in [6, 6.07) is 4.41. The van der Waals surface area contributed by atoms with Crippen LogP contribution in [0.1, 0.15) is 24.2 Å². The highest BCUT2D eigenvalue weighted by atomic mass is 35.5. The molecule has 6 heteroatoms. The van der Waals surface area contributed by atoms with E-state index in [0.717, 1.165) is 0 Å². The van der Waals surface area contributed by atoms with Crippen LogP contribution < -0.4 is 0 Å². The highest BCUT2D eigenvalue weighted by molar-refractivity contribution is 7.92. The molecule has 1 aromatic rings. The molecule has 0 aliphatic heterocycles. The van der Waals surface area contributed by atoms with Crippen molar-refractivity contribution in [1.82, 2.24) is 0 Å². The fourth-order valence-electron chi connectivity index (χ4n) is 1.56. The molecule has 100 valence electrons. The Balaban J connectivity index is 2.92. The van der Waals surface area contributed by atoms with Gasteiger partial charge in [-0.3, -0.25) is 4.79 Å². The molecule has 0 atom stereocenters. The molecule has 0 amide bonds. The Morgan fingerprint density at radius 3 is 2.44 bits per heavy atom. The topological polar surface area (TPSA) is 51.2 Å². The van der Waals surface area contributed by atoms with Gasteiger partial charge in [-0.25, -0.2) is 8.42 Å². The van der Waals surface area contributed by atoms with Crippen LogP contribution in [0.2, 0.25) is 10.0 Å². The molecule has 1 aromatic carbocycles. The maximum Gasteiger partial charge on any atom is 0.179 e. The molecule has 0 N–H and O–H groups in total. The second-order valence-electron chi connectivity index (χ2n) is 4.50. The fraction of sp³-hybridized carbons (Fsp3) is 0.417. The summed E-state index contributed by atoms with van der Waals surface area (Å²) < 4.78 is 23.4. The summed E-state index contributed by atoms with van der Waals surface area (Å²) in [5, 5.41) is 0.563. The zero-order chi connectivity index (χ0) is 13.9. The van der Waals surface area contributed by atoms with E-state index >= 15 is 0 Å². The minimum atomic E-state index is -3.41. The highest BCUT2D eigenvalue weighted by Gasteiger charge is 2.21. The molecular formula is C12H14Cl2O3S. The first-order valence-corrected chi connectivity index (χ1v) is 7.97. The molecular weight excluding hydrogens is 295 g/mol. The SMILES string of the molecule is CC(C)CS(=O)(=O)CC(=O)c1cc(Cl)ccc1Cl. The molecule has 0 aromatic heterocycles. The van der Waals surface area contributed by atoms with E-state index < -0.39 is 21.4 Å². The van der Waals surface area contributed by atoms with Crippen LogP contribution in [-0.2, 0) is 9.84 Å². The lowest BCUT2D eigenvalue weighted by atomic mass is 10.1. The largest absolute Gasteiger partial charge is 0.293 e. The van der Waals surface area contributed by atoms with Gasteiger partial charge in [-0.15, -0.1) is 0 Å². The third-order valence-electron chi connectivity index (χ3n) is 2.17. The van der Waals surface area contributed by atoms with E-state index in [1.54, 1.807) is 19.9 Å². The Labute approximate surface area is 117 Å². The van der Waals surface area contributed by atoms with E-state index in [2.05, 4.69) is 0 Å². The van der Waals surface area contributed by atoms with Crippen molar-refractivity contribution < 1.29 is 13.2 Å². The van der Waals surface area contributed by atoms with E-state index in [4.69, 9.17) is 23.2 Å². The molecule has 0 spiro atoms. The minimum absolute atomic E-state index is 0.0161. The van der Waals surface area contributed by atoms with Gasteiger partial charge in [0.2, 0.25) is 0 Å². The zero-order valence-electron chi connectivity index (χ0n) is 10.1. The third kappa shape index (κ3) is 4.59. The Hall–Kier alpha value is -0.580. The van der Waals surface area contributed by atoms with E-state index in [1.165, 1.54) is 12.1 Å². The van der Waals surface area contributed by atoms with E-state index in [1.807, 2.05) is 0 Å². The molecule has 0 saturated heterocycles. The van der Waals surface area contributed by atoms with Crippen molar-refractivity contribution in [2.24, 2.45) is 5.92 Å². The second-order valence-corrected chi connectivity index (χ2v) is 7.45. The number of sulfone groups is 1. The molecule has 0 aliphatic rings. The average Bonchev–Trinajstić information content (AvgIpc) is 2.18. The van der Waals surface area contributed by atoms with Crippen molar-refractivity contribution in [3.05, 3.63) is 33.8 Å². The van der Waals surface area contributed by atoms with Crippen LogP contribution in [0.5, 0.6) is 0 Å². The van der Waals surface area contributed by atoms with Gasteiger partial charge < -0.3 is 0 Å². The number of carbonyl (C=O) groups is 1. The number of Topliss-reactive ketones (excluding diaryl/α,β-unsaturated/α-hetero) is 1. The summed E-state index contributed by atoms with van der Waals surface area (Å²) in [5.41, 5.74) is 0.150. The first-order chi connectivity index (χ1) is 8.21. The van der Waals surface area contributed by atoms with E-state index in [-0.39, 0.29) is 22.3 Å². The maximum atomic E-state index is 11.9. The van der Waals surface area contributed by atoms with Crippen molar-refractivity contribution >= 4 is 38.8 Å². The predicted molar refractivity (Wildman–Crippen MR) is 74.3 cm³/mol. The van der Waals surface area contributed by atoms with Crippen LogP contribution >= 0.6 is 23.2 Å². The predicted octanol–water partition coefficient (Wildman–Crippen LogP) is 3.25. The molecule has 0 radical (unpaired) electrons. The van der Waals surface area contributed by atoms with Crippen molar-refractivity contribution in [1.29, 1.82) is 0 Å². The Bertz CT molecular complexity index is 550. The van der Waals surface area contributed by atoms with Gasteiger partial charge in [0.1, 0.15) is 5.75 Å². The second kappa shape index (κ2) is 6.04. The lowest BCUT2D eigenvalue weighted by Crippen LogP contribution is -2.21. The van der Waals surface area contributed by atoms with Crippen LogP contribution in [0.3, 0.4) is 0 Å². The van der Waals surface area contributed by atoms with Gasteiger partial charge in [0, 0.05) is 10.6 Å². The summed E-state index contributed by atoms with van der Waals surface area (Å²) >= 11 is 11.6. The van der Waals surface area contributed by atoms with Gasteiger partial charge >= 0.3 is 0 Å². The summed E-state index contributed by atoms with van der Waals surface area (Å²) in [6.07, 6.45) is 0. The van der Waals surface area contributed by atoms with Gasteiger partial charge in [-0.05, 0) is 24.1 Å². The lowest BCUT2D eigenvalue weighted by Gasteiger charge is -2.07. The lowest BCUT2D eigenvalue weighted by molar-refractivity contribution is 0.102. The molecule has 0 aliphatic carbocycles. The van der Waals surface area contributed by atoms with Crippen LogP contribution in [0.15, 0.2) is 18.2 Å². The van der Waals surface area contributed by atoms with Gasteiger partial charge in [0.15, 0.2) is 15.6 Å². The van der Waals surface area contributed by atoms with Crippen molar-refractivity contribution in [2.75, 3.05) is 11.5 Å². The van der Waals surface area contributed by atoms with Crippen LogP contribution in [-0.4, -0.2) is 25.7 Å². The first kappa shape index (κ1) is 15.5. The standard InChI is InChI=1S/C12H14Cl2O3S/c1-8(2)6-18(16,17)7-12(15)10-5-9(13)3-4-11(10)14/h3-5,8H,6-7H2,1-2H3. The number of halogens is 2. The van der Waals surface area contributed by atoms with Gasteiger partial charge in [-0.2, -0.15) is 0 Å². The normalized spacial score (nSPS) is 11.8. The molecule has 3 nitrogen and oxygen atoms in total. The van der Waals surface area contributed by atoms with E-state index in [9.17, 15) is 13.2 Å². The Morgan fingerprint density at radius 2 is 1.89 bits per heavy atom. The third-order valence-corrected chi connectivity index (χ3v) is 4.61. The van der Waals surface area contributed by atoms with Gasteiger partial charge in [0.05, 0.1) is 10.8 Å². The van der Waals surface area contributed by atoms with E-state index in [0.29, 0.717) is 5.02 Å². The van der Waals surface area contributed by atoms with Crippen molar-refractivity contribution in [2.45, 2.75) is 13.8 Å². The first-order valence-electron chi connectivity index (χ1n) is 5.40. The monoisotopic (exact) mass is 308 g/mol. The fourth-order valence-corrected chi connectivity index (χ4v) is 3.64. The van der Waals surface area contributed by atoms with Crippen molar-refractivity contribution in [3.8, 4) is 0 Å². The number of ketones is 1. The molecule has 0 bridgehead atoms. The molecule has 18 heavy (non-hydrogen) atoms. The molecule has 0 fully saturated rings. The summed E-state index contributed by atoms with van der Waals surface area (Å²) in [5.74, 6) is -1.09. The number of hydrogen-bond donors (Lipinski definition) is 0. The summed E-state index contributed by atoms with van der Waals surface area (Å²) in [4.78, 5) is 11.9. The number of carbonyl (C=O) groups excluding carboxylic acids is 1. The highest BCUT2D eigenvalue weighted by Crippen LogP contribution is 2.21. The maximum absolute atomic E-state index is 11.9. The molecule has 0 unspecified atom stereocenters. The summed E-state index contributed by atoms with van der Waals surface area (Å²) in [6.45, 7) is 3.57.